The number of rotatable bonds is 5. The molecule has 0 N–H and O–H groups in total. The Labute approximate surface area is 175 Å². The van der Waals surface area contributed by atoms with Gasteiger partial charge in [0.25, 0.3) is 0 Å². The fraction of sp³-hybridized carbons (Fsp3) is 0.348. The van der Waals surface area contributed by atoms with Crippen molar-refractivity contribution in [1.29, 1.82) is 0 Å². The van der Waals surface area contributed by atoms with Crippen LogP contribution in [0.1, 0.15) is 0 Å². The Morgan fingerprint density at radius 3 is 2.63 bits per heavy atom. The molecule has 7 heteroatoms. The van der Waals surface area contributed by atoms with Crippen molar-refractivity contribution in [2.45, 2.75) is 0 Å². The lowest BCUT2D eigenvalue weighted by molar-refractivity contribution is -0.149. The Kier molecular flexibility index (Phi) is 4.55. The fourth-order valence-corrected chi connectivity index (χ4v) is 4.46. The average Bonchev–Trinajstić information content (AvgIpc) is 2.71. The van der Waals surface area contributed by atoms with E-state index in [1.54, 1.807) is 14.2 Å². The summed E-state index contributed by atoms with van der Waals surface area (Å²) in [6.45, 7) is 3.71. The summed E-state index contributed by atoms with van der Waals surface area (Å²) in [6, 6.07) is 12.3. The maximum absolute atomic E-state index is 11.9. The van der Waals surface area contributed by atoms with E-state index >= 15 is 0 Å². The van der Waals surface area contributed by atoms with E-state index in [9.17, 15) is 4.79 Å². The van der Waals surface area contributed by atoms with Crippen LogP contribution in [0.3, 0.4) is 0 Å². The molecule has 0 atom stereocenters. The second-order valence-electron chi connectivity index (χ2n) is 8.23. The number of benzene rings is 1. The molecule has 0 aliphatic carbocycles. The first-order chi connectivity index (χ1) is 14.6. The monoisotopic (exact) mass is 404 g/mol. The van der Waals surface area contributed by atoms with Crippen LogP contribution in [0.25, 0.3) is 22.0 Å². The first-order valence-corrected chi connectivity index (χ1v) is 10.0. The van der Waals surface area contributed by atoms with Crippen LogP contribution in [-0.2, 0) is 9.53 Å². The van der Waals surface area contributed by atoms with Crippen LogP contribution in [0.15, 0.2) is 48.8 Å². The number of carbonyl (C=O) groups is 1. The lowest BCUT2D eigenvalue weighted by Gasteiger charge is -2.60. The van der Waals surface area contributed by atoms with Crippen molar-refractivity contribution in [3.8, 4) is 17.0 Å². The average molecular weight is 404 g/mol. The van der Waals surface area contributed by atoms with Crippen LogP contribution >= 0.6 is 0 Å². The van der Waals surface area contributed by atoms with Crippen molar-refractivity contribution in [2.24, 2.45) is 5.41 Å². The molecule has 30 heavy (non-hydrogen) atoms. The predicted molar refractivity (Wildman–Crippen MR) is 115 cm³/mol. The third kappa shape index (κ3) is 3.25. The molecule has 0 unspecified atom stereocenters. The van der Waals surface area contributed by atoms with E-state index in [4.69, 9.17) is 9.47 Å². The molecule has 7 nitrogen and oxygen atoms in total. The highest BCUT2D eigenvalue weighted by atomic mass is 16.5. The number of ether oxygens (including phenoxy) is 2. The van der Waals surface area contributed by atoms with Crippen molar-refractivity contribution in [3.63, 3.8) is 0 Å². The van der Waals surface area contributed by atoms with Crippen LogP contribution in [0.5, 0.6) is 5.88 Å². The van der Waals surface area contributed by atoms with Crippen LogP contribution in [-0.4, -0.2) is 67.8 Å². The van der Waals surface area contributed by atoms with Gasteiger partial charge in [-0.1, -0.05) is 6.07 Å². The Balaban J connectivity index is 1.29. The van der Waals surface area contributed by atoms with Gasteiger partial charge < -0.3 is 19.3 Å². The summed E-state index contributed by atoms with van der Waals surface area (Å²) in [6.07, 6.45) is 3.81. The minimum Gasteiger partial charge on any atom is -0.481 e. The van der Waals surface area contributed by atoms with Gasteiger partial charge in [-0.15, -0.1) is 0 Å². The van der Waals surface area contributed by atoms with E-state index in [0.29, 0.717) is 5.88 Å². The topological polar surface area (TPSA) is 67.8 Å². The molecular formula is C23H24N4O3. The van der Waals surface area contributed by atoms with Crippen LogP contribution in [0.2, 0.25) is 0 Å². The molecule has 1 spiro atoms. The van der Waals surface area contributed by atoms with Crippen LogP contribution in [0.4, 0.5) is 5.69 Å². The summed E-state index contributed by atoms with van der Waals surface area (Å²) in [4.78, 5) is 25.1. The number of hydrogen-bond donors (Lipinski definition) is 0. The molecule has 3 aromatic rings. The standard InChI is InChI=1S/C23H24N4O3/c1-29-11-22(28)27-14-23(15-27)12-26(13-23)19-8-18(9-24-10-19)16-3-5-20-17(7-16)4-6-21(25-20)30-2/h3-10H,11-15H2,1-2H3. The van der Waals surface area contributed by atoms with Gasteiger partial charge in [-0.2, -0.15) is 0 Å². The molecule has 2 aliphatic heterocycles. The predicted octanol–water partition coefficient (Wildman–Crippen LogP) is 2.60. The van der Waals surface area contributed by atoms with Crippen molar-refractivity contribution >= 4 is 22.5 Å². The number of anilines is 1. The number of nitrogens with zero attached hydrogens (tertiary/aromatic N) is 4. The lowest BCUT2D eigenvalue weighted by atomic mass is 9.72. The summed E-state index contributed by atoms with van der Waals surface area (Å²) < 4.78 is 10.2. The summed E-state index contributed by atoms with van der Waals surface area (Å²) in [5.41, 5.74) is 4.44. The number of hydrogen-bond acceptors (Lipinski definition) is 6. The van der Waals surface area contributed by atoms with Gasteiger partial charge >= 0.3 is 0 Å². The van der Waals surface area contributed by atoms with Gasteiger partial charge in [-0.3, -0.25) is 9.78 Å². The van der Waals surface area contributed by atoms with Gasteiger partial charge in [-0.05, 0) is 29.8 Å². The molecule has 0 saturated carbocycles. The number of fused-ring (bicyclic) bond motifs is 1. The van der Waals surface area contributed by atoms with Crippen molar-refractivity contribution < 1.29 is 14.3 Å². The minimum atomic E-state index is 0.0775. The quantitative estimate of drug-likeness (QED) is 0.651. The minimum absolute atomic E-state index is 0.0775. The van der Waals surface area contributed by atoms with Gasteiger partial charge in [0, 0.05) is 61.9 Å². The van der Waals surface area contributed by atoms with Crippen LogP contribution < -0.4 is 9.64 Å². The molecule has 1 amide bonds. The number of pyridine rings is 2. The maximum atomic E-state index is 11.9. The molecule has 2 aliphatic rings. The second kappa shape index (κ2) is 7.25. The number of amides is 1. The van der Waals surface area contributed by atoms with Crippen LogP contribution in [0, 0.1) is 5.41 Å². The first kappa shape index (κ1) is 18.8. The Morgan fingerprint density at radius 2 is 1.87 bits per heavy atom. The number of likely N-dealkylation sites (tertiary alicyclic amines) is 1. The summed E-state index contributed by atoms with van der Waals surface area (Å²) in [5.74, 6) is 0.692. The highest BCUT2D eigenvalue weighted by Crippen LogP contribution is 2.42. The SMILES string of the molecule is COCC(=O)N1CC2(C1)CN(c1cncc(-c3ccc4nc(OC)ccc4c3)c1)C2. The molecule has 5 rings (SSSR count). The maximum Gasteiger partial charge on any atom is 0.248 e. The third-order valence-electron chi connectivity index (χ3n) is 6.02. The third-order valence-corrected chi connectivity index (χ3v) is 6.02. The van der Waals surface area contributed by atoms with E-state index in [-0.39, 0.29) is 17.9 Å². The molecule has 1 aromatic carbocycles. The Hall–Kier alpha value is -3.19. The molecule has 2 saturated heterocycles. The summed E-state index contributed by atoms with van der Waals surface area (Å²) in [5, 5.41) is 1.07. The Bertz CT molecular complexity index is 1100. The summed E-state index contributed by atoms with van der Waals surface area (Å²) >= 11 is 0. The van der Waals surface area contributed by atoms with Gasteiger partial charge in [-0.25, -0.2) is 4.98 Å². The Morgan fingerprint density at radius 1 is 1.03 bits per heavy atom. The zero-order valence-electron chi connectivity index (χ0n) is 17.2. The number of methoxy groups -OCH3 is 2. The van der Waals surface area contributed by atoms with E-state index < -0.39 is 0 Å². The zero-order valence-corrected chi connectivity index (χ0v) is 17.2. The van der Waals surface area contributed by atoms with E-state index in [1.165, 1.54) is 0 Å². The lowest BCUT2D eigenvalue weighted by Crippen LogP contribution is -2.73. The fourth-order valence-electron chi connectivity index (χ4n) is 4.46. The zero-order chi connectivity index (χ0) is 20.7. The van der Waals surface area contributed by atoms with Gasteiger partial charge in [0.1, 0.15) is 6.61 Å². The second-order valence-corrected chi connectivity index (χ2v) is 8.23. The molecule has 154 valence electrons. The molecule has 4 heterocycles. The van der Waals surface area contributed by atoms with E-state index in [2.05, 4.69) is 33.1 Å². The normalized spacial score (nSPS) is 17.0. The molecule has 0 bridgehead atoms. The molecule has 2 aromatic heterocycles. The molecule has 0 radical (unpaired) electrons. The van der Waals surface area contributed by atoms with Gasteiger partial charge in [0.15, 0.2) is 0 Å². The summed E-state index contributed by atoms with van der Waals surface area (Å²) in [7, 11) is 3.18. The highest BCUT2D eigenvalue weighted by Gasteiger charge is 2.53. The molecule has 2 fully saturated rings. The van der Waals surface area contributed by atoms with Gasteiger partial charge in [0.2, 0.25) is 11.8 Å². The molecular weight excluding hydrogens is 380 g/mol. The largest absolute Gasteiger partial charge is 0.481 e. The smallest absolute Gasteiger partial charge is 0.248 e. The van der Waals surface area contributed by atoms with Gasteiger partial charge in [0.05, 0.1) is 24.5 Å². The van der Waals surface area contributed by atoms with Crippen molar-refractivity contribution in [3.05, 3.63) is 48.8 Å². The van der Waals surface area contributed by atoms with Crippen molar-refractivity contribution in [1.82, 2.24) is 14.9 Å². The first-order valence-electron chi connectivity index (χ1n) is 10.0. The number of carbonyl (C=O) groups excluding carboxylic acids is 1. The van der Waals surface area contributed by atoms with E-state index in [0.717, 1.165) is 53.9 Å². The van der Waals surface area contributed by atoms with Crippen molar-refractivity contribution in [2.75, 3.05) is 51.9 Å². The van der Waals surface area contributed by atoms with E-state index in [1.807, 2.05) is 35.5 Å². The number of aromatic nitrogens is 2. The highest BCUT2D eigenvalue weighted by molar-refractivity contribution is 5.85.